The lowest BCUT2D eigenvalue weighted by Crippen LogP contribution is -2.44. The van der Waals surface area contributed by atoms with Gasteiger partial charge in [-0.3, -0.25) is 0 Å². The first kappa shape index (κ1) is 23.2. The summed E-state index contributed by atoms with van der Waals surface area (Å²) in [7, 11) is -2.83. The Labute approximate surface area is 167 Å². The molecule has 2 heterocycles. The predicted molar refractivity (Wildman–Crippen MR) is 112 cm³/mol. The van der Waals surface area contributed by atoms with Crippen LogP contribution < -0.4 is 0 Å². The number of hydrogen-bond acceptors (Lipinski definition) is 4. The molecule has 2 unspecified atom stereocenters. The minimum absolute atomic E-state index is 0.0805. The quantitative estimate of drug-likeness (QED) is 0.625. The van der Waals surface area contributed by atoms with E-state index in [9.17, 15) is 8.42 Å². The van der Waals surface area contributed by atoms with E-state index >= 15 is 0 Å². The largest absolute Gasteiger partial charge is 0.378 e. The zero-order valence-electron chi connectivity index (χ0n) is 18.4. The second kappa shape index (κ2) is 9.13. The van der Waals surface area contributed by atoms with E-state index in [4.69, 9.17) is 9.47 Å². The molecule has 2 rings (SSSR count). The van der Waals surface area contributed by atoms with Crippen molar-refractivity contribution in [3.8, 4) is 0 Å². The summed E-state index contributed by atoms with van der Waals surface area (Å²) in [6.45, 7) is 16.8. The van der Waals surface area contributed by atoms with Gasteiger partial charge in [-0.2, -0.15) is 0 Å². The topological polar surface area (TPSA) is 52.6 Å². The first-order valence-electron chi connectivity index (χ1n) is 10.9. The molecule has 2 atom stereocenters. The lowest BCUT2D eigenvalue weighted by molar-refractivity contribution is -0.0360. The molecule has 160 valence electrons. The second-order valence-electron chi connectivity index (χ2n) is 9.91. The van der Waals surface area contributed by atoms with Crippen molar-refractivity contribution in [1.29, 1.82) is 0 Å². The first-order chi connectivity index (χ1) is 12.6. The predicted octanol–water partition coefficient (Wildman–Crippen LogP) is 4.58. The third kappa shape index (κ3) is 5.08. The van der Waals surface area contributed by atoms with E-state index in [0.29, 0.717) is 48.4 Å². The van der Waals surface area contributed by atoms with Crippen LogP contribution in [0, 0.1) is 34.5 Å². The van der Waals surface area contributed by atoms with Crippen LogP contribution in [0.5, 0.6) is 0 Å². The van der Waals surface area contributed by atoms with Crippen LogP contribution in [0.3, 0.4) is 0 Å². The van der Waals surface area contributed by atoms with E-state index in [1.54, 1.807) is 0 Å². The van der Waals surface area contributed by atoms with Crippen LogP contribution >= 0.6 is 0 Å². The van der Waals surface area contributed by atoms with E-state index in [1.165, 1.54) is 0 Å². The van der Waals surface area contributed by atoms with Crippen molar-refractivity contribution >= 4 is 9.84 Å². The molecule has 0 N–H and O–H groups in total. The van der Waals surface area contributed by atoms with Gasteiger partial charge in [-0.1, -0.05) is 41.5 Å². The number of sulfone groups is 1. The number of hydrogen-bond donors (Lipinski definition) is 0. The minimum atomic E-state index is -2.83. The average Bonchev–Trinajstić information content (AvgIpc) is 2.86. The molecule has 5 heteroatoms. The Hall–Kier alpha value is -0.130. The minimum Gasteiger partial charge on any atom is -0.378 e. The smallest absolute Gasteiger partial charge is 0.150 e. The van der Waals surface area contributed by atoms with Crippen LogP contribution in [0.15, 0.2) is 0 Å². The summed E-state index contributed by atoms with van der Waals surface area (Å²) in [5, 5.41) is 0. The summed E-state index contributed by atoms with van der Waals surface area (Å²) < 4.78 is 35.8. The summed E-state index contributed by atoms with van der Waals surface area (Å²) in [6.07, 6.45) is 3.94. The molecule has 2 fully saturated rings. The maximum atomic E-state index is 12.0. The molecule has 0 bridgehead atoms. The summed E-state index contributed by atoms with van der Waals surface area (Å²) in [5.74, 6) is 2.81. The zero-order chi connectivity index (χ0) is 20.3. The highest BCUT2D eigenvalue weighted by Crippen LogP contribution is 2.49. The van der Waals surface area contributed by atoms with Crippen molar-refractivity contribution in [3.05, 3.63) is 0 Å². The van der Waals surface area contributed by atoms with E-state index in [-0.39, 0.29) is 10.8 Å². The Bertz CT molecular complexity index is 545. The molecular weight excluding hydrogens is 360 g/mol. The molecule has 0 amide bonds. The summed E-state index contributed by atoms with van der Waals surface area (Å²) in [5.41, 5.74) is 0.240. The fraction of sp³-hybridized carbons (Fsp3) is 1.00. The van der Waals surface area contributed by atoms with E-state index in [0.717, 1.165) is 38.9 Å². The van der Waals surface area contributed by atoms with Crippen LogP contribution in [0.2, 0.25) is 0 Å². The number of ether oxygens (including phenoxy) is 2. The molecule has 0 radical (unpaired) electrons. The van der Waals surface area contributed by atoms with Crippen molar-refractivity contribution < 1.29 is 17.9 Å². The van der Waals surface area contributed by atoms with E-state index in [1.807, 2.05) is 0 Å². The van der Waals surface area contributed by atoms with Gasteiger partial charge < -0.3 is 9.47 Å². The maximum Gasteiger partial charge on any atom is 0.150 e. The Balaban J connectivity index is 2.06. The fourth-order valence-electron chi connectivity index (χ4n) is 5.50. The molecule has 27 heavy (non-hydrogen) atoms. The standard InChI is InChI=1S/C22H42O4S/c1-17(2)21(9-13-27(23,24)14-10-21)19(5)7-8-20(6)22(18(3)4)15-25-11-12-26-16-22/h17-20H,7-16H2,1-6H3. The fourth-order valence-corrected chi connectivity index (χ4v) is 7.09. The van der Waals surface area contributed by atoms with Crippen molar-refractivity contribution in [1.82, 2.24) is 0 Å². The lowest BCUT2D eigenvalue weighted by Gasteiger charge is -2.47. The maximum absolute atomic E-state index is 12.0. The van der Waals surface area contributed by atoms with Gasteiger partial charge in [0, 0.05) is 5.41 Å². The summed E-state index contributed by atoms with van der Waals surface area (Å²) in [4.78, 5) is 0. The third-order valence-electron chi connectivity index (χ3n) is 8.17. The normalized spacial score (nSPS) is 27.3. The van der Waals surface area contributed by atoms with Crippen molar-refractivity contribution in [2.45, 2.75) is 67.2 Å². The monoisotopic (exact) mass is 402 g/mol. The summed E-state index contributed by atoms with van der Waals surface area (Å²) in [6, 6.07) is 0. The molecule has 4 nitrogen and oxygen atoms in total. The van der Waals surface area contributed by atoms with Gasteiger partial charge in [0.2, 0.25) is 0 Å². The SMILES string of the molecule is CC(C)C1(C(C)CCC(C)C2(C(C)C)COCCOC2)CCS(=O)(=O)CC1. The van der Waals surface area contributed by atoms with Crippen LogP contribution in [0.25, 0.3) is 0 Å². The van der Waals surface area contributed by atoms with E-state index < -0.39 is 9.84 Å². The van der Waals surface area contributed by atoms with Crippen LogP contribution in [0.1, 0.15) is 67.2 Å². The van der Waals surface area contributed by atoms with Gasteiger partial charge in [-0.05, 0) is 54.8 Å². The van der Waals surface area contributed by atoms with Crippen molar-refractivity contribution in [3.63, 3.8) is 0 Å². The molecule has 2 aliphatic heterocycles. The molecular formula is C22H42O4S. The lowest BCUT2D eigenvalue weighted by atomic mass is 9.61. The van der Waals surface area contributed by atoms with Gasteiger partial charge in [0.25, 0.3) is 0 Å². The van der Waals surface area contributed by atoms with Gasteiger partial charge in [0.05, 0.1) is 37.9 Å². The molecule has 0 aromatic rings. The molecule has 0 aromatic carbocycles. The Morgan fingerprint density at radius 2 is 1.15 bits per heavy atom. The van der Waals surface area contributed by atoms with Gasteiger partial charge >= 0.3 is 0 Å². The van der Waals surface area contributed by atoms with Crippen molar-refractivity contribution in [2.75, 3.05) is 37.9 Å². The van der Waals surface area contributed by atoms with Gasteiger partial charge in [-0.25, -0.2) is 8.42 Å². The van der Waals surface area contributed by atoms with Crippen LogP contribution in [0.4, 0.5) is 0 Å². The molecule has 0 aromatic heterocycles. The highest BCUT2D eigenvalue weighted by Gasteiger charge is 2.45. The first-order valence-corrected chi connectivity index (χ1v) is 12.7. The third-order valence-corrected chi connectivity index (χ3v) is 9.82. The molecule has 0 spiro atoms. The Morgan fingerprint density at radius 3 is 1.56 bits per heavy atom. The molecule has 2 aliphatic rings. The average molecular weight is 403 g/mol. The van der Waals surface area contributed by atoms with E-state index in [2.05, 4.69) is 41.5 Å². The second-order valence-corrected chi connectivity index (χ2v) is 12.2. The summed E-state index contributed by atoms with van der Waals surface area (Å²) >= 11 is 0. The number of rotatable bonds is 7. The molecule has 2 saturated heterocycles. The Morgan fingerprint density at radius 1 is 0.741 bits per heavy atom. The highest BCUT2D eigenvalue weighted by atomic mass is 32.2. The van der Waals surface area contributed by atoms with Gasteiger partial charge in [-0.15, -0.1) is 0 Å². The Kier molecular flexibility index (Phi) is 7.83. The van der Waals surface area contributed by atoms with Crippen LogP contribution in [-0.2, 0) is 19.3 Å². The van der Waals surface area contributed by atoms with Crippen molar-refractivity contribution in [2.24, 2.45) is 34.5 Å². The van der Waals surface area contributed by atoms with Gasteiger partial charge in [0.15, 0.2) is 0 Å². The van der Waals surface area contributed by atoms with Gasteiger partial charge in [0.1, 0.15) is 9.84 Å². The zero-order valence-corrected chi connectivity index (χ0v) is 19.2. The van der Waals surface area contributed by atoms with Crippen LogP contribution in [-0.4, -0.2) is 46.4 Å². The molecule has 0 aliphatic carbocycles. The highest BCUT2D eigenvalue weighted by molar-refractivity contribution is 7.91. The molecule has 0 saturated carbocycles.